The SMILES string of the molecule is CCOC(=O)/C=C/[C@H](OCOCCOC)C1CCCCC1. The summed E-state index contributed by atoms with van der Waals surface area (Å²) in [5.41, 5.74) is 0. The maximum atomic E-state index is 11.4. The van der Waals surface area contributed by atoms with Crippen LogP contribution in [0.25, 0.3) is 0 Å². The minimum atomic E-state index is -0.317. The Balaban J connectivity index is 2.42. The summed E-state index contributed by atoms with van der Waals surface area (Å²) in [6.07, 6.45) is 9.20. The second-order valence-electron chi connectivity index (χ2n) is 5.16. The van der Waals surface area contributed by atoms with Gasteiger partial charge in [-0.05, 0) is 31.8 Å². The molecule has 1 fully saturated rings. The molecule has 0 aromatic heterocycles. The van der Waals surface area contributed by atoms with E-state index in [4.69, 9.17) is 18.9 Å². The lowest BCUT2D eigenvalue weighted by Crippen LogP contribution is -2.26. The molecule has 1 atom stereocenters. The first kappa shape index (κ1) is 18.1. The average molecular weight is 300 g/mol. The van der Waals surface area contributed by atoms with Gasteiger partial charge in [-0.25, -0.2) is 4.79 Å². The zero-order valence-corrected chi connectivity index (χ0v) is 13.2. The Hall–Kier alpha value is -0.910. The lowest BCUT2D eigenvalue weighted by Gasteiger charge is -2.28. The molecule has 5 nitrogen and oxygen atoms in total. The average Bonchev–Trinajstić information content (AvgIpc) is 2.51. The molecule has 1 aliphatic rings. The quantitative estimate of drug-likeness (QED) is 0.269. The van der Waals surface area contributed by atoms with Gasteiger partial charge in [-0.2, -0.15) is 0 Å². The third-order valence-electron chi connectivity index (χ3n) is 3.60. The molecule has 0 heterocycles. The van der Waals surface area contributed by atoms with Crippen LogP contribution in [0, 0.1) is 5.92 Å². The smallest absolute Gasteiger partial charge is 0.330 e. The van der Waals surface area contributed by atoms with Gasteiger partial charge in [0, 0.05) is 13.2 Å². The Bertz CT molecular complexity index is 297. The fourth-order valence-corrected chi connectivity index (χ4v) is 2.50. The molecule has 0 bridgehead atoms. The van der Waals surface area contributed by atoms with Gasteiger partial charge in [0.2, 0.25) is 0 Å². The summed E-state index contributed by atoms with van der Waals surface area (Å²) >= 11 is 0. The van der Waals surface area contributed by atoms with E-state index in [1.54, 1.807) is 14.0 Å². The van der Waals surface area contributed by atoms with Crippen molar-refractivity contribution < 1.29 is 23.7 Å². The van der Waals surface area contributed by atoms with E-state index in [1.807, 2.05) is 6.08 Å². The molecule has 0 aliphatic heterocycles. The summed E-state index contributed by atoms with van der Waals surface area (Å²) in [4.78, 5) is 11.4. The molecule has 0 spiro atoms. The number of hydrogen-bond acceptors (Lipinski definition) is 5. The van der Waals surface area contributed by atoms with Crippen LogP contribution in [0.15, 0.2) is 12.2 Å². The van der Waals surface area contributed by atoms with Crippen molar-refractivity contribution in [1.82, 2.24) is 0 Å². The van der Waals surface area contributed by atoms with Crippen LogP contribution < -0.4 is 0 Å². The largest absolute Gasteiger partial charge is 0.463 e. The van der Waals surface area contributed by atoms with Crippen molar-refractivity contribution in [2.45, 2.75) is 45.1 Å². The van der Waals surface area contributed by atoms with Crippen LogP contribution >= 0.6 is 0 Å². The van der Waals surface area contributed by atoms with Crippen LogP contribution in [-0.4, -0.2) is 45.8 Å². The van der Waals surface area contributed by atoms with Crippen molar-refractivity contribution in [2.75, 3.05) is 33.7 Å². The normalized spacial score (nSPS) is 18.0. The number of ether oxygens (including phenoxy) is 4. The van der Waals surface area contributed by atoms with Gasteiger partial charge in [-0.15, -0.1) is 0 Å². The lowest BCUT2D eigenvalue weighted by molar-refractivity contribution is -0.137. The molecule has 0 unspecified atom stereocenters. The van der Waals surface area contributed by atoms with Crippen LogP contribution in [0.5, 0.6) is 0 Å². The van der Waals surface area contributed by atoms with Gasteiger partial charge in [0.25, 0.3) is 0 Å². The third-order valence-corrected chi connectivity index (χ3v) is 3.60. The molecular weight excluding hydrogens is 272 g/mol. The molecule has 5 heteroatoms. The topological polar surface area (TPSA) is 54.0 Å². The van der Waals surface area contributed by atoms with E-state index in [1.165, 1.54) is 25.3 Å². The molecule has 0 amide bonds. The Morgan fingerprint density at radius 2 is 2.00 bits per heavy atom. The second kappa shape index (κ2) is 11.7. The van der Waals surface area contributed by atoms with Gasteiger partial charge >= 0.3 is 5.97 Å². The van der Waals surface area contributed by atoms with Gasteiger partial charge in [0.05, 0.1) is 25.9 Å². The maximum absolute atomic E-state index is 11.4. The molecule has 122 valence electrons. The highest BCUT2D eigenvalue weighted by molar-refractivity contribution is 5.81. The predicted octanol–water partition coefficient (Wildman–Crippen LogP) is 2.69. The minimum absolute atomic E-state index is 0.0859. The Kier molecular flexibility index (Phi) is 10.1. The molecule has 1 rings (SSSR count). The number of rotatable bonds is 10. The number of methoxy groups -OCH3 is 1. The fourth-order valence-electron chi connectivity index (χ4n) is 2.50. The molecule has 1 saturated carbocycles. The number of carbonyl (C=O) groups excluding carboxylic acids is 1. The van der Waals surface area contributed by atoms with Gasteiger partial charge in [0.1, 0.15) is 6.79 Å². The summed E-state index contributed by atoms with van der Waals surface area (Å²) in [6, 6.07) is 0. The number of carbonyl (C=O) groups is 1. The summed E-state index contributed by atoms with van der Waals surface area (Å²) in [5.74, 6) is 0.137. The molecule has 0 aromatic rings. The third kappa shape index (κ3) is 8.19. The highest BCUT2D eigenvalue weighted by atomic mass is 16.7. The van der Waals surface area contributed by atoms with Crippen molar-refractivity contribution in [1.29, 1.82) is 0 Å². The first-order chi connectivity index (χ1) is 10.3. The minimum Gasteiger partial charge on any atom is -0.463 e. The first-order valence-corrected chi connectivity index (χ1v) is 7.81. The number of hydrogen-bond donors (Lipinski definition) is 0. The van der Waals surface area contributed by atoms with E-state index in [-0.39, 0.29) is 18.9 Å². The molecule has 0 aromatic carbocycles. The van der Waals surface area contributed by atoms with Gasteiger partial charge in [-0.3, -0.25) is 0 Å². The van der Waals surface area contributed by atoms with E-state index in [0.29, 0.717) is 25.7 Å². The summed E-state index contributed by atoms with van der Waals surface area (Å²) in [5, 5.41) is 0. The van der Waals surface area contributed by atoms with Crippen LogP contribution in [-0.2, 0) is 23.7 Å². The van der Waals surface area contributed by atoms with Gasteiger partial charge in [0.15, 0.2) is 0 Å². The maximum Gasteiger partial charge on any atom is 0.330 e. The van der Waals surface area contributed by atoms with E-state index in [2.05, 4.69) is 0 Å². The summed E-state index contributed by atoms with van der Waals surface area (Å²) in [7, 11) is 1.64. The molecular formula is C16H28O5. The van der Waals surface area contributed by atoms with Crippen LogP contribution in [0.1, 0.15) is 39.0 Å². The Morgan fingerprint density at radius 1 is 1.24 bits per heavy atom. The van der Waals surface area contributed by atoms with Crippen LogP contribution in [0.4, 0.5) is 0 Å². The van der Waals surface area contributed by atoms with E-state index < -0.39 is 0 Å². The standard InChI is InChI=1S/C16H28O5/c1-3-20-16(17)10-9-15(14-7-5-4-6-8-14)21-13-19-12-11-18-2/h9-10,14-15H,3-8,11-13H2,1-2H3/b10-9+/t15-/m0/s1. The van der Waals surface area contributed by atoms with Crippen molar-refractivity contribution >= 4 is 5.97 Å². The summed E-state index contributed by atoms with van der Waals surface area (Å²) < 4.78 is 21.0. The highest BCUT2D eigenvalue weighted by Crippen LogP contribution is 2.28. The van der Waals surface area contributed by atoms with Crippen molar-refractivity contribution in [2.24, 2.45) is 5.92 Å². The van der Waals surface area contributed by atoms with Gasteiger partial charge in [-0.1, -0.05) is 19.3 Å². The first-order valence-electron chi connectivity index (χ1n) is 7.81. The molecule has 0 N–H and O–H groups in total. The molecule has 0 radical (unpaired) electrons. The zero-order valence-electron chi connectivity index (χ0n) is 13.2. The number of esters is 1. The second-order valence-corrected chi connectivity index (χ2v) is 5.16. The van der Waals surface area contributed by atoms with E-state index in [0.717, 1.165) is 12.8 Å². The van der Waals surface area contributed by atoms with Crippen LogP contribution in [0.3, 0.4) is 0 Å². The molecule has 21 heavy (non-hydrogen) atoms. The van der Waals surface area contributed by atoms with Crippen LogP contribution in [0.2, 0.25) is 0 Å². The van der Waals surface area contributed by atoms with Gasteiger partial charge < -0.3 is 18.9 Å². The van der Waals surface area contributed by atoms with E-state index >= 15 is 0 Å². The predicted molar refractivity (Wildman–Crippen MR) is 79.9 cm³/mol. The van der Waals surface area contributed by atoms with Crippen molar-refractivity contribution in [3.05, 3.63) is 12.2 Å². The van der Waals surface area contributed by atoms with Crippen molar-refractivity contribution in [3.8, 4) is 0 Å². The summed E-state index contributed by atoms with van der Waals surface area (Å²) in [6.45, 7) is 3.46. The zero-order chi connectivity index (χ0) is 15.3. The monoisotopic (exact) mass is 300 g/mol. The van der Waals surface area contributed by atoms with E-state index in [9.17, 15) is 4.79 Å². The highest BCUT2D eigenvalue weighted by Gasteiger charge is 2.22. The van der Waals surface area contributed by atoms with Crippen molar-refractivity contribution in [3.63, 3.8) is 0 Å². The fraction of sp³-hybridized carbons (Fsp3) is 0.812. The Morgan fingerprint density at radius 3 is 2.67 bits per heavy atom. The lowest BCUT2D eigenvalue weighted by atomic mass is 9.85. The Labute approximate surface area is 127 Å². The molecule has 0 saturated heterocycles. The molecule has 1 aliphatic carbocycles.